The maximum absolute atomic E-state index is 13.0. The van der Waals surface area contributed by atoms with Gasteiger partial charge in [-0.1, -0.05) is 6.07 Å². The Hall–Kier alpha value is -1.99. The molecule has 0 aliphatic carbocycles. The average Bonchev–Trinajstić information content (AvgIpc) is 2.79. The Balaban J connectivity index is 1.28. The van der Waals surface area contributed by atoms with Gasteiger partial charge in [0.25, 0.3) is 5.91 Å². The summed E-state index contributed by atoms with van der Waals surface area (Å²) in [6.07, 6.45) is 5.74. The molecule has 3 aliphatic rings. The lowest BCUT2D eigenvalue weighted by Crippen LogP contribution is -2.54. The van der Waals surface area contributed by atoms with Crippen molar-refractivity contribution in [2.45, 2.75) is 31.7 Å². The molecule has 29 heavy (non-hydrogen) atoms. The first kappa shape index (κ1) is 20.3. The zero-order chi connectivity index (χ0) is 20.2. The van der Waals surface area contributed by atoms with E-state index in [2.05, 4.69) is 26.7 Å². The number of aromatic nitrogens is 1. The standard InChI is InChI=1S/C22H33N5O2/c1-24-13-15-26(16-14-24)21(28)18-5-4-10-27(17-18)19-7-11-25(12-8-19)22(29)20-6-2-3-9-23-20/h2-3,6,9,18-19H,4-5,7-8,10-17H2,1H3/t18-/m0/s1. The number of piperidine rings is 2. The number of carbonyl (C=O) groups excluding carboxylic acids is 2. The van der Waals surface area contributed by atoms with Crippen LogP contribution in [0.4, 0.5) is 0 Å². The van der Waals surface area contributed by atoms with Crippen LogP contribution in [0.2, 0.25) is 0 Å². The van der Waals surface area contributed by atoms with Crippen LogP contribution in [0.25, 0.3) is 0 Å². The highest BCUT2D eigenvalue weighted by atomic mass is 16.2. The van der Waals surface area contributed by atoms with Crippen molar-refractivity contribution in [2.75, 3.05) is 59.4 Å². The molecule has 2 amide bonds. The maximum atomic E-state index is 13.0. The van der Waals surface area contributed by atoms with Gasteiger partial charge in [0, 0.05) is 58.1 Å². The van der Waals surface area contributed by atoms with Crippen LogP contribution in [0.5, 0.6) is 0 Å². The number of carbonyl (C=O) groups is 2. The van der Waals surface area contributed by atoms with Gasteiger partial charge >= 0.3 is 0 Å². The van der Waals surface area contributed by atoms with Crippen molar-refractivity contribution in [2.24, 2.45) is 5.92 Å². The zero-order valence-corrected chi connectivity index (χ0v) is 17.5. The Labute approximate surface area is 173 Å². The highest BCUT2D eigenvalue weighted by molar-refractivity contribution is 5.92. The maximum Gasteiger partial charge on any atom is 0.272 e. The monoisotopic (exact) mass is 399 g/mol. The van der Waals surface area contributed by atoms with E-state index in [1.165, 1.54) is 0 Å². The fourth-order valence-electron chi connectivity index (χ4n) is 4.91. The number of pyridine rings is 1. The first-order valence-corrected chi connectivity index (χ1v) is 11.0. The van der Waals surface area contributed by atoms with Crippen LogP contribution in [-0.4, -0.2) is 102 Å². The summed E-state index contributed by atoms with van der Waals surface area (Å²) in [6, 6.07) is 5.95. The fourth-order valence-corrected chi connectivity index (χ4v) is 4.91. The third kappa shape index (κ3) is 4.78. The van der Waals surface area contributed by atoms with Gasteiger partial charge in [0.15, 0.2) is 0 Å². The quantitative estimate of drug-likeness (QED) is 0.764. The number of rotatable bonds is 3. The topological polar surface area (TPSA) is 60.0 Å². The number of nitrogens with zero attached hydrogens (tertiary/aromatic N) is 5. The number of likely N-dealkylation sites (tertiary alicyclic amines) is 2. The molecule has 1 aromatic heterocycles. The molecule has 0 bridgehead atoms. The van der Waals surface area contributed by atoms with Gasteiger partial charge in [0.2, 0.25) is 5.91 Å². The number of amides is 2. The van der Waals surface area contributed by atoms with Gasteiger partial charge in [-0.15, -0.1) is 0 Å². The lowest BCUT2D eigenvalue weighted by atomic mass is 9.92. The molecule has 1 aromatic rings. The molecule has 3 saturated heterocycles. The smallest absolute Gasteiger partial charge is 0.272 e. The minimum atomic E-state index is 0.0332. The van der Waals surface area contributed by atoms with Crippen molar-refractivity contribution in [3.05, 3.63) is 30.1 Å². The van der Waals surface area contributed by atoms with Crippen LogP contribution in [-0.2, 0) is 4.79 Å². The summed E-state index contributed by atoms with van der Waals surface area (Å²) < 4.78 is 0. The van der Waals surface area contributed by atoms with Crippen molar-refractivity contribution in [3.8, 4) is 0 Å². The van der Waals surface area contributed by atoms with E-state index in [1.807, 2.05) is 17.0 Å². The minimum absolute atomic E-state index is 0.0332. The molecule has 3 fully saturated rings. The van der Waals surface area contributed by atoms with Crippen LogP contribution in [0, 0.1) is 5.92 Å². The predicted molar refractivity (Wildman–Crippen MR) is 112 cm³/mol. The van der Waals surface area contributed by atoms with Crippen molar-refractivity contribution in [1.82, 2.24) is 24.6 Å². The molecule has 0 N–H and O–H groups in total. The van der Waals surface area contributed by atoms with Gasteiger partial charge in [-0.05, 0) is 51.4 Å². The Bertz CT molecular complexity index is 696. The van der Waals surface area contributed by atoms with Crippen LogP contribution in [0.3, 0.4) is 0 Å². The molecule has 0 unspecified atom stereocenters. The summed E-state index contributed by atoms with van der Waals surface area (Å²) in [4.78, 5) is 38.6. The van der Waals surface area contributed by atoms with Crippen LogP contribution in [0.1, 0.15) is 36.2 Å². The molecule has 0 aromatic carbocycles. The Morgan fingerprint density at radius 1 is 0.931 bits per heavy atom. The molecular weight excluding hydrogens is 366 g/mol. The van der Waals surface area contributed by atoms with Crippen molar-refractivity contribution < 1.29 is 9.59 Å². The summed E-state index contributed by atoms with van der Waals surface area (Å²) in [5.41, 5.74) is 0.529. The molecule has 4 heterocycles. The average molecular weight is 400 g/mol. The van der Waals surface area contributed by atoms with E-state index >= 15 is 0 Å². The summed E-state index contributed by atoms with van der Waals surface area (Å²) in [5.74, 6) is 0.525. The van der Waals surface area contributed by atoms with Gasteiger partial charge in [-0.2, -0.15) is 0 Å². The third-order valence-electron chi connectivity index (χ3n) is 6.77. The first-order chi connectivity index (χ1) is 14.1. The summed E-state index contributed by atoms with van der Waals surface area (Å²) >= 11 is 0. The lowest BCUT2D eigenvalue weighted by molar-refractivity contribution is -0.139. The van der Waals surface area contributed by atoms with Gasteiger partial charge in [0.05, 0.1) is 5.92 Å². The van der Waals surface area contributed by atoms with E-state index in [0.29, 0.717) is 17.6 Å². The van der Waals surface area contributed by atoms with E-state index in [0.717, 1.165) is 78.0 Å². The highest BCUT2D eigenvalue weighted by Gasteiger charge is 2.34. The zero-order valence-electron chi connectivity index (χ0n) is 17.5. The van der Waals surface area contributed by atoms with Gasteiger partial charge < -0.3 is 14.7 Å². The third-order valence-corrected chi connectivity index (χ3v) is 6.77. The second kappa shape index (κ2) is 9.22. The van der Waals surface area contributed by atoms with E-state index < -0.39 is 0 Å². The molecule has 158 valence electrons. The molecule has 7 nitrogen and oxygen atoms in total. The lowest BCUT2D eigenvalue weighted by Gasteiger charge is -2.43. The summed E-state index contributed by atoms with van der Waals surface area (Å²) in [5, 5.41) is 0. The second-order valence-electron chi connectivity index (χ2n) is 8.70. The molecule has 0 saturated carbocycles. The first-order valence-electron chi connectivity index (χ1n) is 11.0. The molecule has 1 atom stereocenters. The largest absolute Gasteiger partial charge is 0.340 e. The van der Waals surface area contributed by atoms with Crippen molar-refractivity contribution in [3.63, 3.8) is 0 Å². The summed E-state index contributed by atoms with van der Waals surface area (Å²) in [7, 11) is 2.12. The molecular formula is C22H33N5O2. The Morgan fingerprint density at radius 3 is 2.38 bits per heavy atom. The highest BCUT2D eigenvalue weighted by Crippen LogP contribution is 2.26. The molecule has 0 spiro atoms. The van der Waals surface area contributed by atoms with Gasteiger partial charge in [0.1, 0.15) is 5.69 Å². The molecule has 4 rings (SSSR count). The number of likely N-dealkylation sites (N-methyl/N-ethyl adjacent to an activating group) is 1. The minimum Gasteiger partial charge on any atom is -0.340 e. The van der Waals surface area contributed by atoms with Crippen molar-refractivity contribution >= 4 is 11.8 Å². The summed E-state index contributed by atoms with van der Waals surface area (Å²) in [6.45, 7) is 7.17. The number of piperazine rings is 1. The molecule has 0 radical (unpaired) electrons. The fraction of sp³-hybridized carbons (Fsp3) is 0.682. The Morgan fingerprint density at radius 2 is 1.69 bits per heavy atom. The Kier molecular flexibility index (Phi) is 6.45. The van der Waals surface area contributed by atoms with E-state index in [9.17, 15) is 9.59 Å². The van der Waals surface area contributed by atoms with Crippen LogP contribution < -0.4 is 0 Å². The number of hydrogen-bond acceptors (Lipinski definition) is 5. The van der Waals surface area contributed by atoms with Crippen LogP contribution >= 0.6 is 0 Å². The van der Waals surface area contributed by atoms with Gasteiger partial charge in [-0.3, -0.25) is 19.5 Å². The van der Waals surface area contributed by atoms with Crippen LogP contribution in [0.15, 0.2) is 24.4 Å². The number of hydrogen-bond donors (Lipinski definition) is 0. The predicted octanol–water partition coefficient (Wildman–Crippen LogP) is 1.17. The SMILES string of the molecule is CN1CCN(C(=O)[C@H]2CCCN(C3CCN(C(=O)c4ccccn4)CC3)C2)CC1. The normalized spacial score (nSPS) is 25.2. The van der Waals surface area contributed by atoms with E-state index in [4.69, 9.17) is 0 Å². The van der Waals surface area contributed by atoms with E-state index in [1.54, 1.807) is 12.3 Å². The second-order valence-corrected chi connectivity index (χ2v) is 8.70. The molecule has 7 heteroatoms. The van der Waals surface area contributed by atoms with Gasteiger partial charge in [-0.25, -0.2) is 0 Å². The van der Waals surface area contributed by atoms with Crippen molar-refractivity contribution in [1.29, 1.82) is 0 Å². The van der Waals surface area contributed by atoms with E-state index in [-0.39, 0.29) is 11.8 Å². The molecule has 3 aliphatic heterocycles.